The Hall–Kier alpha value is 0.769. The average molecular weight is 132 g/mol. The van der Waals surface area contributed by atoms with Gasteiger partial charge in [-0.25, -0.2) is 0 Å². The Morgan fingerprint density at radius 2 is 1.00 bits per heavy atom. The van der Waals surface area contributed by atoms with Crippen molar-refractivity contribution in [1.82, 2.24) is 0 Å². The van der Waals surface area contributed by atoms with Crippen molar-refractivity contribution >= 4 is 0 Å². The number of nitroso groups, excluding NO2 is 1. The molecule has 0 aliphatic rings. The Bertz CT molecular complexity index is 6.00. The van der Waals surface area contributed by atoms with Gasteiger partial charge < -0.3 is 10.5 Å². The first-order valence-corrected chi connectivity index (χ1v) is 0.183. The van der Waals surface area contributed by atoms with Crippen LogP contribution in [0.25, 0.3) is 5.59 Å². The van der Waals surface area contributed by atoms with Crippen LogP contribution in [0.3, 0.4) is 0 Å². The first-order valence-electron chi connectivity index (χ1n) is 0.183. The second-order valence-electron chi connectivity index (χ2n) is 0. The van der Waals surface area contributed by atoms with E-state index >= 15 is 0 Å². The molecule has 0 aliphatic carbocycles. The molecule has 4 heteroatoms. The van der Waals surface area contributed by atoms with Gasteiger partial charge in [-0.05, 0) is 0 Å². The van der Waals surface area contributed by atoms with E-state index in [1.165, 1.54) is 0 Å². The normalized spacial score (nSPS) is 1.00. The van der Waals surface area contributed by atoms with Crippen molar-refractivity contribution in [3.63, 3.8) is 0 Å². The molecule has 0 aromatic carbocycles. The van der Waals surface area contributed by atoms with E-state index in [4.69, 9.17) is 10.5 Å². The van der Waals surface area contributed by atoms with E-state index in [0.717, 1.165) is 0 Å². The van der Waals surface area contributed by atoms with Gasteiger partial charge in [-0.1, -0.05) is 0 Å². The molecular formula is NOV2-. The fraction of sp³-hybridized carbons (Fsp3) is 0. The van der Waals surface area contributed by atoms with Crippen LogP contribution in [-0.4, -0.2) is 0 Å². The van der Waals surface area contributed by atoms with E-state index in [1.54, 1.807) is 0 Å². The Balaban J connectivity index is -0.00000000500. The molecule has 0 atom stereocenters. The van der Waals surface area contributed by atoms with Crippen LogP contribution in [0.2, 0.25) is 0 Å². The van der Waals surface area contributed by atoms with Gasteiger partial charge in [-0.15, -0.1) is 0 Å². The summed E-state index contributed by atoms with van der Waals surface area (Å²) in [5.41, 5.74) is 5.75. The quantitative estimate of drug-likeness (QED) is 0.467. The fourth-order valence-electron chi connectivity index (χ4n) is 0. The summed E-state index contributed by atoms with van der Waals surface area (Å²) in [6, 6.07) is 0. The van der Waals surface area contributed by atoms with Gasteiger partial charge in [0.25, 0.3) is 0 Å². The molecule has 0 rings (SSSR count). The average Bonchev–Trinajstić information content (AvgIpc) is 1.00. The predicted octanol–water partition coefficient (Wildman–Crippen LogP) is 0.317. The molecule has 0 saturated heterocycles. The van der Waals surface area contributed by atoms with Crippen LogP contribution in [0.15, 0.2) is 0 Å². The van der Waals surface area contributed by atoms with E-state index in [1.807, 2.05) is 0 Å². The standard InChI is InChI=1S/NO.2V/c1-2;;/q-1;;. The molecule has 0 aromatic rings. The molecule has 22 valence electrons. The third kappa shape index (κ3) is 14.7. The molecule has 0 heterocycles. The van der Waals surface area contributed by atoms with Crippen LogP contribution in [0.1, 0.15) is 0 Å². The zero-order valence-electron chi connectivity index (χ0n) is 1.75. The Morgan fingerprint density at radius 1 is 1.00 bits per heavy atom. The predicted molar refractivity (Wildman–Crippen MR) is 6.73 cm³/mol. The molecule has 0 N–H and O–H groups in total. The maximum Gasteiger partial charge on any atom is 0 e. The SMILES string of the molecule is [N-]=O.[V].[V]. The monoisotopic (exact) mass is 132 g/mol. The molecule has 2 radical (unpaired) electrons. The molecule has 0 unspecified atom stereocenters. The molecule has 0 spiro atoms. The number of nitrogens with zero attached hydrogens (tertiary/aromatic N) is 1. The van der Waals surface area contributed by atoms with E-state index < -0.39 is 0 Å². The van der Waals surface area contributed by atoms with Crippen molar-refractivity contribution in [2.45, 2.75) is 0 Å². The van der Waals surface area contributed by atoms with Crippen LogP contribution in [0, 0.1) is 4.91 Å². The van der Waals surface area contributed by atoms with Gasteiger partial charge in [0.1, 0.15) is 0 Å². The maximum absolute atomic E-state index is 7.25. The molecule has 0 amide bonds. The fourth-order valence-corrected chi connectivity index (χ4v) is 0. The largest absolute Gasteiger partial charge is 0.577 e. The molecular weight excluding hydrogens is 132 g/mol. The third-order valence-corrected chi connectivity index (χ3v) is 0. The van der Waals surface area contributed by atoms with Crippen LogP contribution in [0.5, 0.6) is 0 Å². The molecule has 0 saturated carbocycles. The zero-order chi connectivity index (χ0) is 2.00. The summed E-state index contributed by atoms with van der Waals surface area (Å²) in [5.74, 6) is 0. The van der Waals surface area contributed by atoms with E-state index in [2.05, 4.69) is 0 Å². The topological polar surface area (TPSA) is 39.4 Å². The van der Waals surface area contributed by atoms with Crippen LogP contribution in [0.4, 0.5) is 0 Å². The Kier molecular flexibility index (Phi) is 265. The minimum Gasteiger partial charge on any atom is -0.577 e. The summed E-state index contributed by atoms with van der Waals surface area (Å²) >= 11 is 0. The molecule has 0 fully saturated rings. The van der Waals surface area contributed by atoms with Crippen molar-refractivity contribution in [2.24, 2.45) is 0 Å². The number of hydrogen-bond acceptors (Lipinski definition) is 1. The molecule has 0 aromatic heterocycles. The smallest absolute Gasteiger partial charge is 0 e. The van der Waals surface area contributed by atoms with Gasteiger partial charge in [0, 0.05) is 37.1 Å². The summed E-state index contributed by atoms with van der Waals surface area (Å²) in [7, 11) is 0. The summed E-state index contributed by atoms with van der Waals surface area (Å²) in [6.07, 6.45) is 0. The number of rotatable bonds is 0. The number of hydrogen-bond donors (Lipinski definition) is 0. The summed E-state index contributed by atoms with van der Waals surface area (Å²) in [6.45, 7) is 0. The summed E-state index contributed by atoms with van der Waals surface area (Å²) in [5, 5.41) is 0. The minimum absolute atomic E-state index is 0. The van der Waals surface area contributed by atoms with Crippen molar-refractivity contribution < 1.29 is 37.1 Å². The van der Waals surface area contributed by atoms with Gasteiger partial charge in [0.2, 0.25) is 0 Å². The molecule has 2 nitrogen and oxygen atoms in total. The van der Waals surface area contributed by atoms with Crippen molar-refractivity contribution in [2.75, 3.05) is 0 Å². The Morgan fingerprint density at radius 3 is 1.00 bits per heavy atom. The van der Waals surface area contributed by atoms with Crippen LogP contribution >= 0.6 is 0 Å². The van der Waals surface area contributed by atoms with Gasteiger partial charge in [-0.2, -0.15) is 0 Å². The summed E-state index contributed by atoms with van der Waals surface area (Å²) < 4.78 is 0. The maximum atomic E-state index is 7.25. The van der Waals surface area contributed by atoms with Crippen molar-refractivity contribution in [3.8, 4) is 0 Å². The van der Waals surface area contributed by atoms with Crippen LogP contribution in [-0.2, 0) is 37.1 Å². The van der Waals surface area contributed by atoms with Crippen LogP contribution < -0.4 is 0 Å². The van der Waals surface area contributed by atoms with Gasteiger partial charge >= 0.3 is 0 Å². The second kappa shape index (κ2) is 48.9. The zero-order valence-corrected chi connectivity index (χ0v) is 4.54. The minimum atomic E-state index is 0. The second-order valence-corrected chi connectivity index (χ2v) is 0. The van der Waals surface area contributed by atoms with E-state index in [0.29, 0.717) is 0 Å². The van der Waals surface area contributed by atoms with E-state index in [-0.39, 0.29) is 37.1 Å². The van der Waals surface area contributed by atoms with Gasteiger partial charge in [0.15, 0.2) is 0 Å². The van der Waals surface area contributed by atoms with Crippen molar-refractivity contribution in [3.05, 3.63) is 10.5 Å². The first-order chi connectivity index (χ1) is 1.00. The van der Waals surface area contributed by atoms with E-state index in [9.17, 15) is 0 Å². The Labute approximate surface area is 47.9 Å². The van der Waals surface area contributed by atoms with Gasteiger partial charge in [0.05, 0.1) is 0 Å². The first kappa shape index (κ1) is 21.6. The molecule has 0 aliphatic heterocycles. The van der Waals surface area contributed by atoms with Crippen molar-refractivity contribution in [1.29, 1.82) is 0 Å². The third-order valence-electron chi connectivity index (χ3n) is 0. The summed E-state index contributed by atoms with van der Waals surface area (Å²) in [4.78, 5) is 7.25. The van der Waals surface area contributed by atoms with Gasteiger partial charge in [-0.3, -0.25) is 0 Å². The molecule has 0 bridgehead atoms. The molecule has 4 heavy (non-hydrogen) atoms.